The van der Waals surface area contributed by atoms with Crippen LogP contribution in [0.2, 0.25) is 0 Å². The van der Waals surface area contributed by atoms with Crippen LogP contribution in [0.3, 0.4) is 0 Å². The molecule has 3 nitrogen and oxygen atoms in total. The van der Waals surface area contributed by atoms with Crippen molar-refractivity contribution in [2.75, 3.05) is 11.9 Å². The third-order valence-electron chi connectivity index (χ3n) is 5.11. The van der Waals surface area contributed by atoms with Gasteiger partial charge >= 0.3 is 0 Å². The lowest BCUT2D eigenvalue weighted by Gasteiger charge is -2.20. The lowest BCUT2D eigenvalue weighted by Crippen LogP contribution is -2.09. The quantitative estimate of drug-likeness (QED) is 0.604. The Labute approximate surface area is 168 Å². The number of rotatable bonds is 3. The van der Waals surface area contributed by atoms with E-state index < -0.39 is 0 Å². The molecule has 0 aromatic heterocycles. The van der Waals surface area contributed by atoms with Crippen molar-refractivity contribution in [3.8, 4) is 5.75 Å². The van der Waals surface area contributed by atoms with Gasteiger partial charge in [-0.25, -0.2) is 0 Å². The highest BCUT2D eigenvalue weighted by molar-refractivity contribution is 8.00. The number of nitrogens with one attached hydrogen (secondary N) is 1. The molecule has 1 aliphatic carbocycles. The summed E-state index contributed by atoms with van der Waals surface area (Å²) in [7, 11) is 0. The van der Waals surface area contributed by atoms with E-state index >= 15 is 0 Å². The second kappa shape index (κ2) is 6.88. The predicted octanol–water partition coefficient (Wildman–Crippen LogP) is 5.95. The van der Waals surface area contributed by atoms with Gasteiger partial charge in [-0.15, -0.1) is 11.8 Å². The van der Waals surface area contributed by atoms with Gasteiger partial charge in [-0.05, 0) is 25.1 Å². The minimum atomic E-state index is -0.145. The molecular weight excluding hydrogens is 366 g/mol. The number of thioether (sulfide) groups is 1. The summed E-state index contributed by atoms with van der Waals surface area (Å²) in [6, 6.07) is 24.1. The maximum Gasteiger partial charge on any atom is 0.193 e. The van der Waals surface area contributed by atoms with Crippen molar-refractivity contribution in [3.05, 3.63) is 95.1 Å². The molecular formula is C24H19NO2S. The summed E-state index contributed by atoms with van der Waals surface area (Å²) in [6.45, 7) is 2.57. The minimum Gasteiger partial charge on any atom is -0.494 e. The molecule has 0 radical (unpaired) electrons. The van der Waals surface area contributed by atoms with Crippen LogP contribution in [-0.2, 0) is 0 Å². The maximum absolute atomic E-state index is 13.4. The molecule has 4 heteroatoms. The third kappa shape index (κ3) is 2.64. The first-order chi connectivity index (χ1) is 13.8. The first-order valence-electron chi connectivity index (χ1n) is 9.40. The molecule has 3 aromatic rings. The van der Waals surface area contributed by atoms with E-state index in [0.29, 0.717) is 6.61 Å². The molecule has 1 aliphatic heterocycles. The lowest BCUT2D eigenvalue weighted by atomic mass is 10.00. The second-order valence-corrected chi connectivity index (χ2v) is 7.90. The fourth-order valence-electron chi connectivity index (χ4n) is 3.88. The Morgan fingerprint density at radius 2 is 1.64 bits per heavy atom. The number of fused-ring (bicyclic) bond motifs is 3. The van der Waals surface area contributed by atoms with Crippen molar-refractivity contribution < 1.29 is 9.53 Å². The number of hydrogen-bond acceptors (Lipinski definition) is 4. The SMILES string of the molecule is CCOc1ccccc1C1Sc2ccccc2NC2=C1C(=O)c1ccccc12. The molecule has 0 fully saturated rings. The molecule has 1 atom stereocenters. The summed E-state index contributed by atoms with van der Waals surface area (Å²) in [5.41, 5.74) is 5.50. The van der Waals surface area contributed by atoms with Crippen LogP contribution in [0.25, 0.3) is 5.70 Å². The van der Waals surface area contributed by atoms with Crippen LogP contribution in [-0.4, -0.2) is 12.4 Å². The number of ether oxygens (including phenoxy) is 1. The number of para-hydroxylation sites is 2. The molecule has 138 valence electrons. The van der Waals surface area contributed by atoms with Crippen molar-refractivity contribution in [2.45, 2.75) is 17.1 Å². The molecule has 2 aliphatic rings. The molecule has 0 bridgehead atoms. The van der Waals surface area contributed by atoms with Gasteiger partial charge in [0.25, 0.3) is 0 Å². The van der Waals surface area contributed by atoms with Crippen LogP contribution in [0.1, 0.15) is 33.7 Å². The van der Waals surface area contributed by atoms with Crippen LogP contribution < -0.4 is 10.1 Å². The molecule has 5 rings (SSSR count). The van der Waals surface area contributed by atoms with Crippen LogP contribution in [0.5, 0.6) is 5.75 Å². The molecule has 1 unspecified atom stereocenters. The monoisotopic (exact) mass is 385 g/mol. The molecule has 3 aromatic carbocycles. The standard InChI is InChI=1S/C24H19NO2S/c1-2-27-19-13-7-5-11-17(19)24-21-22(15-9-3-4-10-16(15)23(21)26)25-18-12-6-8-14-20(18)28-24/h3-14,24-25H,2H2,1H3. The van der Waals surface area contributed by atoms with Gasteiger partial charge in [0.05, 0.1) is 23.2 Å². The summed E-state index contributed by atoms with van der Waals surface area (Å²) in [5, 5.41) is 3.41. The third-order valence-corrected chi connectivity index (χ3v) is 6.45. The largest absolute Gasteiger partial charge is 0.494 e. The first kappa shape index (κ1) is 17.1. The van der Waals surface area contributed by atoms with E-state index in [0.717, 1.165) is 44.3 Å². The minimum absolute atomic E-state index is 0.0923. The second-order valence-electron chi connectivity index (χ2n) is 6.75. The predicted molar refractivity (Wildman–Crippen MR) is 114 cm³/mol. The molecule has 0 spiro atoms. The number of Topliss-reactive ketones (excluding diaryl/α,β-unsaturated/α-hetero) is 1. The van der Waals surface area contributed by atoms with E-state index in [-0.39, 0.29) is 11.0 Å². The summed E-state index contributed by atoms with van der Waals surface area (Å²) >= 11 is 1.70. The molecule has 0 saturated carbocycles. The fraction of sp³-hybridized carbons (Fsp3) is 0.125. The van der Waals surface area contributed by atoms with Crippen LogP contribution >= 0.6 is 11.8 Å². The van der Waals surface area contributed by atoms with Gasteiger partial charge in [0.15, 0.2) is 5.78 Å². The van der Waals surface area contributed by atoms with E-state index in [1.807, 2.05) is 61.5 Å². The number of carbonyl (C=O) groups excluding carboxylic acids is 1. The van der Waals surface area contributed by atoms with Gasteiger partial charge in [-0.2, -0.15) is 0 Å². The fourth-order valence-corrected chi connectivity index (χ4v) is 5.21. The molecule has 0 saturated heterocycles. The average molecular weight is 385 g/mol. The van der Waals surface area contributed by atoms with Crippen molar-refractivity contribution >= 4 is 28.9 Å². The summed E-state index contributed by atoms with van der Waals surface area (Å²) in [6.07, 6.45) is 0. The van der Waals surface area contributed by atoms with E-state index in [9.17, 15) is 4.79 Å². The zero-order valence-corrected chi connectivity index (χ0v) is 16.3. The average Bonchev–Trinajstić information content (AvgIpc) is 2.90. The van der Waals surface area contributed by atoms with Gasteiger partial charge in [-0.3, -0.25) is 4.79 Å². The molecule has 0 amide bonds. The summed E-state index contributed by atoms with van der Waals surface area (Å²) < 4.78 is 5.91. The Morgan fingerprint density at radius 1 is 0.929 bits per heavy atom. The number of benzene rings is 3. The highest BCUT2D eigenvalue weighted by Gasteiger charge is 2.38. The van der Waals surface area contributed by atoms with Crippen molar-refractivity contribution in [1.29, 1.82) is 0 Å². The van der Waals surface area contributed by atoms with Crippen molar-refractivity contribution in [1.82, 2.24) is 0 Å². The first-order valence-corrected chi connectivity index (χ1v) is 10.3. The van der Waals surface area contributed by atoms with Crippen LogP contribution in [0.15, 0.2) is 83.3 Å². The van der Waals surface area contributed by atoms with Gasteiger partial charge < -0.3 is 10.1 Å². The van der Waals surface area contributed by atoms with E-state index in [4.69, 9.17) is 4.74 Å². The van der Waals surface area contributed by atoms with Crippen LogP contribution in [0, 0.1) is 0 Å². The Balaban J connectivity index is 1.75. The highest BCUT2D eigenvalue weighted by atomic mass is 32.2. The normalized spacial score (nSPS) is 17.3. The van der Waals surface area contributed by atoms with Crippen LogP contribution in [0.4, 0.5) is 5.69 Å². The smallest absolute Gasteiger partial charge is 0.193 e. The molecule has 1 N–H and O–H groups in total. The maximum atomic E-state index is 13.4. The van der Waals surface area contributed by atoms with Gasteiger partial charge in [0.1, 0.15) is 5.75 Å². The lowest BCUT2D eigenvalue weighted by molar-refractivity contribution is 0.103. The Kier molecular flexibility index (Phi) is 4.21. The topological polar surface area (TPSA) is 38.3 Å². The van der Waals surface area contributed by atoms with Gasteiger partial charge in [0, 0.05) is 27.2 Å². The zero-order valence-electron chi connectivity index (χ0n) is 15.4. The molecule has 28 heavy (non-hydrogen) atoms. The number of carbonyl (C=O) groups is 1. The van der Waals surface area contributed by atoms with Gasteiger partial charge in [-0.1, -0.05) is 54.6 Å². The van der Waals surface area contributed by atoms with E-state index in [2.05, 4.69) is 23.5 Å². The van der Waals surface area contributed by atoms with E-state index in [1.54, 1.807) is 11.8 Å². The van der Waals surface area contributed by atoms with Crippen molar-refractivity contribution in [2.24, 2.45) is 0 Å². The Hall–Kier alpha value is -2.98. The Bertz CT molecular complexity index is 1120. The van der Waals surface area contributed by atoms with E-state index in [1.165, 1.54) is 0 Å². The zero-order chi connectivity index (χ0) is 19.1. The number of ketones is 1. The summed E-state index contributed by atoms with van der Waals surface area (Å²) in [5.74, 6) is 0.923. The Morgan fingerprint density at radius 3 is 2.50 bits per heavy atom. The number of anilines is 1. The van der Waals surface area contributed by atoms with Crippen molar-refractivity contribution in [3.63, 3.8) is 0 Å². The van der Waals surface area contributed by atoms with Gasteiger partial charge in [0.2, 0.25) is 0 Å². The summed E-state index contributed by atoms with van der Waals surface area (Å²) in [4.78, 5) is 14.6. The highest BCUT2D eigenvalue weighted by Crippen LogP contribution is 2.53. The molecule has 1 heterocycles. The number of hydrogen-bond donors (Lipinski definition) is 1.